The Kier molecular flexibility index (Phi) is 6.52. The SMILES string of the molecule is CCNC(=O)NC(=O)[C@H](c1ccccc1)N(C)Cc1sccc1C. The molecule has 1 heterocycles. The molecule has 1 aromatic carbocycles. The molecular formula is C18H23N3O2S. The van der Waals surface area contributed by atoms with Crippen LogP contribution in [0.4, 0.5) is 4.79 Å². The van der Waals surface area contributed by atoms with Crippen molar-refractivity contribution >= 4 is 23.3 Å². The third-order valence-corrected chi connectivity index (χ3v) is 4.75. The van der Waals surface area contributed by atoms with Gasteiger partial charge >= 0.3 is 6.03 Å². The molecule has 6 heteroatoms. The van der Waals surface area contributed by atoms with E-state index >= 15 is 0 Å². The van der Waals surface area contributed by atoms with E-state index in [4.69, 9.17) is 0 Å². The van der Waals surface area contributed by atoms with Gasteiger partial charge in [-0.1, -0.05) is 30.3 Å². The standard InChI is InChI=1S/C18H23N3O2S/c1-4-19-18(23)20-17(22)16(14-8-6-5-7-9-14)21(3)12-15-13(2)10-11-24-15/h5-11,16H,4,12H2,1-3H3,(H2,19,20,22,23)/t16-/m0/s1. The van der Waals surface area contributed by atoms with E-state index in [9.17, 15) is 9.59 Å². The van der Waals surface area contributed by atoms with Gasteiger partial charge in [0.25, 0.3) is 0 Å². The topological polar surface area (TPSA) is 61.4 Å². The van der Waals surface area contributed by atoms with E-state index in [1.54, 1.807) is 11.3 Å². The number of hydrogen-bond acceptors (Lipinski definition) is 4. The highest BCUT2D eigenvalue weighted by atomic mass is 32.1. The molecular weight excluding hydrogens is 322 g/mol. The number of amides is 3. The molecule has 2 aromatic rings. The van der Waals surface area contributed by atoms with Crippen molar-refractivity contribution in [2.45, 2.75) is 26.4 Å². The van der Waals surface area contributed by atoms with E-state index in [1.165, 1.54) is 10.4 Å². The first-order valence-electron chi connectivity index (χ1n) is 7.89. The van der Waals surface area contributed by atoms with Crippen LogP contribution in [0.25, 0.3) is 0 Å². The lowest BCUT2D eigenvalue weighted by Gasteiger charge is -2.27. The highest BCUT2D eigenvalue weighted by Crippen LogP contribution is 2.24. The number of rotatable bonds is 6. The maximum Gasteiger partial charge on any atom is 0.321 e. The Morgan fingerprint density at radius 3 is 2.50 bits per heavy atom. The zero-order valence-corrected chi connectivity index (χ0v) is 15.0. The van der Waals surface area contributed by atoms with Gasteiger partial charge < -0.3 is 5.32 Å². The highest BCUT2D eigenvalue weighted by Gasteiger charge is 2.27. The molecule has 1 aromatic heterocycles. The summed E-state index contributed by atoms with van der Waals surface area (Å²) in [5.74, 6) is -0.330. The fourth-order valence-corrected chi connectivity index (χ4v) is 3.48. The first-order valence-corrected chi connectivity index (χ1v) is 8.77. The Balaban J connectivity index is 2.21. The zero-order valence-electron chi connectivity index (χ0n) is 14.2. The predicted molar refractivity (Wildman–Crippen MR) is 96.9 cm³/mol. The second-order valence-electron chi connectivity index (χ2n) is 5.60. The molecule has 0 spiro atoms. The number of likely N-dealkylation sites (N-methyl/N-ethyl adjacent to an activating group) is 1. The molecule has 0 unspecified atom stereocenters. The highest BCUT2D eigenvalue weighted by molar-refractivity contribution is 7.10. The van der Waals surface area contributed by atoms with Crippen LogP contribution in [0.3, 0.4) is 0 Å². The summed E-state index contributed by atoms with van der Waals surface area (Å²) in [5.41, 5.74) is 2.07. The van der Waals surface area contributed by atoms with E-state index in [-0.39, 0.29) is 5.91 Å². The van der Waals surface area contributed by atoms with Gasteiger partial charge in [-0.15, -0.1) is 11.3 Å². The van der Waals surface area contributed by atoms with Crippen molar-refractivity contribution in [2.75, 3.05) is 13.6 Å². The van der Waals surface area contributed by atoms with Crippen LogP contribution in [-0.4, -0.2) is 30.4 Å². The molecule has 24 heavy (non-hydrogen) atoms. The van der Waals surface area contributed by atoms with Crippen molar-refractivity contribution in [1.29, 1.82) is 0 Å². The number of urea groups is 1. The van der Waals surface area contributed by atoms with Crippen molar-refractivity contribution in [3.05, 3.63) is 57.8 Å². The van der Waals surface area contributed by atoms with Crippen molar-refractivity contribution in [1.82, 2.24) is 15.5 Å². The van der Waals surface area contributed by atoms with E-state index in [0.717, 1.165) is 5.56 Å². The molecule has 2 N–H and O–H groups in total. The first kappa shape index (κ1) is 18.2. The van der Waals surface area contributed by atoms with Crippen molar-refractivity contribution in [3.8, 4) is 0 Å². The number of aryl methyl sites for hydroxylation is 1. The molecule has 1 atom stereocenters. The third-order valence-electron chi connectivity index (χ3n) is 3.74. The monoisotopic (exact) mass is 345 g/mol. The van der Waals surface area contributed by atoms with Crippen molar-refractivity contribution in [3.63, 3.8) is 0 Å². The summed E-state index contributed by atoms with van der Waals surface area (Å²) in [6.45, 7) is 4.99. The predicted octanol–water partition coefficient (Wildman–Crippen LogP) is 3.08. The normalized spacial score (nSPS) is 12.0. The van der Waals surface area contributed by atoms with E-state index < -0.39 is 12.1 Å². The Morgan fingerprint density at radius 1 is 1.21 bits per heavy atom. The van der Waals surface area contributed by atoms with E-state index in [0.29, 0.717) is 13.1 Å². The van der Waals surface area contributed by atoms with Gasteiger partial charge in [0.05, 0.1) is 0 Å². The summed E-state index contributed by atoms with van der Waals surface area (Å²) in [6, 6.07) is 10.6. The summed E-state index contributed by atoms with van der Waals surface area (Å²) in [6.07, 6.45) is 0. The Labute approximate surface area is 146 Å². The molecule has 0 saturated carbocycles. The number of nitrogens with zero attached hydrogens (tertiary/aromatic N) is 1. The third kappa shape index (κ3) is 4.66. The zero-order chi connectivity index (χ0) is 17.5. The number of nitrogens with one attached hydrogen (secondary N) is 2. The lowest BCUT2D eigenvalue weighted by atomic mass is 10.0. The minimum Gasteiger partial charge on any atom is -0.338 e. The van der Waals surface area contributed by atoms with Gasteiger partial charge in [0.1, 0.15) is 6.04 Å². The molecule has 0 aliphatic heterocycles. The largest absolute Gasteiger partial charge is 0.338 e. The average molecular weight is 345 g/mol. The maximum atomic E-state index is 12.7. The van der Waals surface area contributed by atoms with Crippen LogP contribution < -0.4 is 10.6 Å². The maximum absolute atomic E-state index is 12.7. The van der Waals surface area contributed by atoms with Crippen LogP contribution in [0.1, 0.15) is 29.0 Å². The molecule has 0 bridgehead atoms. The first-order chi connectivity index (χ1) is 11.5. The molecule has 0 radical (unpaired) electrons. The van der Waals surface area contributed by atoms with Crippen LogP contribution in [0.5, 0.6) is 0 Å². The van der Waals surface area contributed by atoms with Gasteiger partial charge in [0.15, 0.2) is 0 Å². The quantitative estimate of drug-likeness (QED) is 0.846. The minimum absolute atomic E-state index is 0.330. The summed E-state index contributed by atoms with van der Waals surface area (Å²) in [4.78, 5) is 27.6. The van der Waals surface area contributed by atoms with Gasteiger partial charge in [-0.2, -0.15) is 0 Å². The average Bonchev–Trinajstić information content (AvgIpc) is 2.93. The number of hydrogen-bond donors (Lipinski definition) is 2. The van der Waals surface area contributed by atoms with Crippen LogP contribution in [-0.2, 0) is 11.3 Å². The van der Waals surface area contributed by atoms with Crippen LogP contribution in [0, 0.1) is 6.92 Å². The summed E-state index contributed by atoms with van der Waals surface area (Å²) in [7, 11) is 1.90. The lowest BCUT2D eigenvalue weighted by Crippen LogP contribution is -2.45. The summed E-state index contributed by atoms with van der Waals surface area (Å²) < 4.78 is 0. The summed E-state index contributed by atoms with van der Waals surface area (Å²) in [5, 5.41) is 7.06. The second-order valence-corrected chi connectivity index (χ2v) is 6.60. The number of imide groups is 1. The molecule has 3 amide bonds. The van der Waals surface area contributed by atoms with Gasteiger partial charge in [0, 0.05) is 18.0 Å². The fourth-order valence-electron chi connectivity index (χ4n) is 2.51. The molecule has 0 fully saturated rings. The van der Waals surface area contributed by atoms with Gasteiger partial charge in [0.2, 0.25) is 5.91 Å². The molecule has 2 rings (SSSR count). The lowest BCUT2D eigenvalue weighted by molar-refractivity contribution is -0.125. The molecule has 128 valence electrons. The second kappa shape index (κ2) is 8.61. The van der Waals surface area contributed by atoms with E-state index in [2.05, 4.69) is 23.6 Å². The van der Waals surface area contributed by atoms with Crippen LogP contribution in [0.15, 0.2) is 41.8 Å². The van der Waals surface area contributed by atoms with Gasteiger partial charge in [-0.25, -0.2) is 4.79 Å². The van der Waals surface area contributed by atoms with Crippen LogP contribution in [0.2, 0.25) is 0 Å². The molecule has 0 saturated heterocycles. The smallest absolute Gasteiger partial charge is 0.321 e. The van der Waals surface area contributed by atoms with Crippen molar-refractivity contribution < 1.29 is 9.59 Å². The minimum atomic E-state index is -0.532. The Morgan fingerprint density at radius 2 is 1.92 bits per heavy atom. The van der Waals surface area contributed by atoms with Gasteiger partial charge in [-0.3, -0.25) is 15.0 Å². The number of carbonyl (C=O) groups is 2. The number of thiophene rings is 1. The molecule has 0 aliphatic carbocycles. The van der Waals surface area contributed by atoms with Crippen molar-refractivity contribution in [2.24, 2.45) is 0 Å². The fraction of sp³-hybridized carbons (Fsp3) is 0.333. The Hall–Kier alpha value is -2.18. The summed E-state index contributed by atoms with van der Waals surface area (Å²) >= 11 is 1.67. The number of benzene rings is 1. The number of carbonyl (C=O) groups excluding carboxylic acids is 2. The van der Waals surface area contributed by atoms with Crippen LogP contribution >= 0.6 is 11.3 Å². The Bertz CT molecular complexity index is 685. The molecule has 0 aliphatic rings. The van der Waals surface area contributed by atoms with E-state index in [1.807, 2.05) is 54.6 Å². The molecule has 5 nitrogen and oxygen atoms in total. The van der Waals surface area contributed by atoms with Gasteiger partial charge in [-0.05, 0) is 43.5 Å².